The lowest BCUT2D eigenvalue weighted by Crippen LogP contribution is -2.24. The van der Waals surface area contributed by atoms with Crippen molar-refractivity contribution in [1.29, 1.82) is 0 Å². The molecule has 1 aromatic rings. The van der Waals surface area contributed by atoms with Crippen LogP contribution >= 0.6 is 11.6 Å². The van der Waals surface area contributed by atoms with E-state index in [1.165, 1.54) is 13.2 Å². The Balaban J connectivity index is 3.16. The van der Waals surface area contributed by atoms with Crippen molar-refractivity contribution >= 4 is 11.6 Å². The number of ether oxygens (including phenoxy) is 1. The molecule has 4 nitrogen and oxygen atoms in total. The lowest BCUT2D eigenvalue weighted by atomic mass is 10.0. The number of aromatic hydroxyl groups is 1. The van der Waals surface area contributed by atoms with Gasteiger partial charge in [0.15, 0.2) is 0 Å². The van der Waals surface area contributed by atoms with Crippen LogP contribution < -0.4 is 10.5 Å². The van der Waals surface area contributed by atoms with Gasteiger partial charge in [-0.25, -0.2) is 0 Å². The summed E-state index contributed by atoms with van der Waals surface area (Å²) in [5.74, 6) is 0.178. The van der Waals surface area contributed by atoms with Crippen molar-refractivity contribution in [1.82, 2.24) is 0 Å². The third-order valence-electron chi connectivity index (χ3n) is 2.10. The summed E-state index contributed by atoms with van der Waals surface area (Å²) in [7, 11) is 1.43. The minimum absolute atomic E-state index is 0.123. The molecule has 15 heavy (non-hydrogen) atoms. The standard InChI is InChI=1S/C10H14ClNO3/c1-5(12)10(14)6-3-7(13)9(11)8(4-6)15-2/h3-5,10,13-14H,12H2,1-2H3. The molecule has 0 aliphatic carbocycles. The number of benzene rings is 1. The van der Waals surface area contributed by atoms with Crippen LogP contribution in [0.2, 0.25) is 5.02 Å². The Labute approximate surface area is 93.2 Å². The number of hydrogen-bond donors (Lipinski definition) is 3. The highest BCUT2D eigenvalue weighted by Gasteiger charge is 2.17. The quantitative estimate of drug-likeness (QED) is 0.736. The second-order valence-corrected chi connectivity index (χ2v) is 3.74. The largest absolute Gasteiger partial charge is 0.506 e. The number of methoxy groups -OCH3 is 1. The van der Waals surface area contributed by atoms with E-state index in [9.17, 15) is 10.2 Å². The predicted octanol–water partition coefficient (Wildman–Crippen LogP) is 1.43. The number of nitrogens with two attached hydrogens (primary N) is 1. The van der Waals surface area contributed by atoms with Crippen LogP contribution in [0.3, 0.4) is 0 Å². The maximum Gasteiger partial charge on any atom is 0.141 e. The van der Waals surface area contributed by atoms with Crippen LogP contribution in [0, 0.1) is 0 Å². The molecule has 0 aliphatic heterocycles. The highest BCUT2D eigenvalue weighted by molar-refractivity contribution is 6.33. The zero-order valence-electron chi connectivity index (χ0n) is 8.57. The minimum Gasteiger partial charge on any atom is -0.506 e. The van der Waals surface area contributed by atoms with Gasteiger partial charge in [0, 0.05) is 6.04 Å². The van der Waals surface area contributed by atoms with Crippen LogP contribution in [-0.4, -0.2) is 23.4 Å². The third-order valence-corrected chi connectivity index (χ3v) is 2.48. The number of halogens is 1. The van der Waals surface area contributed by atoms with E-state index in [1.807, 2.05) is 0 Å². The molecule has 0 aromatic heterocycles. The molecule has 0 aliphatic rings. The molecule has 0 spiro atoms. The Kier molecular flexibility index (Phi) is 3.79. The predicted molar refractivity (Wildman–Crippen MR) is 58.3 cm³/mol. The van der Waals surface area contributed by atoms with Gasteiger partial charge in [-0.3, -0.25) is 0 Å². The fraction of sp³-hybridized carbons (Fsp3) is 0.400. The summed E-state index contributed by atoms with van der Waals surface area (Å²) < 4.78 is 4.95. The van der Waals surface area contributed by atoms with Crippen LogP contribution in [-0.2, 0) is 0 Å². The van der Waals surface area contributed by atoms with E-state index in [1.54, 1.807) is 13.0 Å². The van der Waals surface area contributed by atoms with Crippen molar-refractivity contribution in [2.75, 3.05) is 7.11 Å². The molecular weight excluding hydrogens is 218 g/mol. The lowest BCUT2D eigenvalue weighted by molar-refractivity contribution is 0.152. The molecule has 1 rings (SSSR count). The SMILES string of the molecule is COc1cc(C(O)C(C)N)cc(O)c1Cl. The Bertz CT molecular complexity index is 355. The Morgan fingerprint density at radius 3 is 2.53 bits per heavy atom. The fourth-order valence-corrected chi connectivity index (χ4v) is 1.41. The van der Waals surface area contributed by atoms with Gasteiger partial charge >= 0.3 is 0 Å². The summed E-state index contributed by atoms with van der Waals surface area (Å²) in [4.78, 5) is 0. The van der Waals surface area contributed by atoms with Crippen LogP contribution in [0.1, 0.15) is 18.6 Å². The van der Waals surface area contributed by atoms with Gasteiger partial charge in [0.25, 0.3) is 0 Å². The van der Waals surface area contributed by atoms with Gasteiger partial charge in [0.1, 0.15) is 16.5 Å². The first kappa shape index (κ1) is 12.1. The van der Waals surface area contributed by atoms with Gasteiger partial charge in [-0.05, 0) is 24.6 Å². The second-order valence-electron chi connectivity index (χ2n) is 3.36. The Hall–Kier alpha value is -0.970. The first-order chi connectivity index (χ1) is 6.97. The average molecular weight is 232 g/mol. The summed E-state index contributed by atoms with van der Waals surface area (Å²) in [6.45, 7) is 1.67. The van der Waals surface area contributed by atoms with E-state index in [0.717, 1.165) is 0 Å². The number of phenolic OH excluding ortho intramolecular Hbond substituents is 1. The number of aliphatic hydroxyl groups is 1. The minimum atomic E-state index is -0.859. The molecule has 0 saturated carbocycles. The van der Waals surface area contributed by atoms with Crippen molar-refractivity contribution in [2.24, 2.45) is 5.73 Å². The van der Waals surface area contributed by atoms with E-state index in [2.05, 4.69) is 0 Å². The molecule has 4 N–H and O–H groups in total. The first-order valence-electron chi connectivity index (χ1n) is 4.47. The Morgan fingerprint density at radius 1 is 1.47 bits per heavy atom. The van der Waals surface area contributed by atoms with Gasteiger partial charge in [0.05, 0.1) is 13.2 Å². The summed E-state index contributed by atoms with van der Waals surface area (Å²) >= 11 is 5.76. The van der Waals surface area contributed by atoms with E-state index in [0.29, 0.717) is 11.3 Å². The zero-order valence-corrected chi connectivity index (χ0v) is 9.32. The molecule has 0 saturated heterocycles. The van der Waals surface area contributed by atoms with E-state index in [4.69, 9.17) is 22.1 Å². The van der Waals surface area contributed by atoms with Gasteiger partial charge in [0.2, 0.25) is 0 Å². The van der Waals surface area contributed by atoms with Crippen molar-refractivity contribution in [3.63, 3.8) is 0 Å². The molecule has 0 amide bonds. The van der Waals surface area contributed by atoms with Gasteiger partial charge < -0.3 is 20.7 Å². The van der Waals surface area contributed by atoms with Gasteiger partial charge in [-0.2, -0.15) is 0 Å². The number of phenols is 1. The van der Waals surface area contributed by atoms with Gasteiger partial charge in [-0.15, -0.1) is 0 Å². The van der Waals surface area contributed by atoms with Crippen LogP contribution in [0.4, 0.5) is 0 Å². The third kappa shape index (κ3) is 2.53. The number of hydrogen-bond acceptors (Lipinski definition) is 4. The average Bonchev–Trinajstić information content (AvgIpc) is 2.20. The maximum atomic E-state index is 9.70. The van der Waals surface area contributed by atoms with Crippen molar-refractivity contribution < 1.29 is 14.9 Å². The summed E-state index contributed by atoms with van der Waals surface area (Å²) in [5.41, 5.74) is 6.02. The van der Waals surface area contributed by atoms with Crippen molar-refractivity contribution in [2.45, 2.75) is 19.1 Å². The monoisotopic (exact) mass is 231 g/mol. The fourth-order valence-electron chi connectivity index (χ4n) is 1.23. The van der Waals surface area contributed by atoms with Crippen LogP contribution in [0.5, 0.6) is 11.5 Å². The van der Waals surface area contributed by atoms with E-state index >= 15 is 0 Å². The molecule has 2 atom stereocenters. The Morgan fingerprint density at radius 2 is 2.07 bits per heavy atom. The topological polar surface area (TPSA) is 75.7 Å². The smallest absolute Gasteiger partial charge is 0.141 e. The number of rotatable bonds is 3. The molecular formula is C10H14ClNO3. The van der Waals surface area contributed by atoms with Gasteiger partial charge in [-0.1, -0.05) is 11.6 Å². The first-order valence-corrected chi connectivity index (χ1v) is 4.85. The van der Waals surface area contributed by atoms with Crippen molar-refractivity contribution in [3.05, 3.63) is 22.7 Å². The highest BCUT2D eigenvalue weighted by Crippen LogP contribution is 2.36. The summed E-state index contributed by atoms with van der Waals surface area (Å²) in [6.07, 6.45) is -0.859. The molecule has 84 valence electrons. The number of aliphatic hydroxyl groups excluding tert-OH is 1. The molecule has 0 fully saturated rings. The normalized spacial score (nSPS) is 14.7. The molecule has 2 unspecified atom stereocenters. The molecule has 5 heteroatoms. The van der Waals surface area contributed by atoms with Crippen LogP contribution in [0.25, 0.3) is 0 Å². The second kappa shape index (κ2) is 4.70. The highest BCUT2D eigenvalue weighted by atomic mass is 35.5. The van der Waals surface area contributed by atoms with E-state index < -0.39 is 12.1 Å². The zero-order chi connectivity index (χ0) is 11.6. The van der Waals surface area contributed by atoms with Crippen LogP contribution in [0.15, 0.2) is 12.1 Å². The molecule has 1 aromatic carbocycles. The van der Waals surface area contributed by atoms with E-state index in [-0.39, 0.29) is 10.8 Å². The molecule has 0 bridgehead atoms. The summed E-state index contributed by atoms with van der Waals surface area (Å²) in [5, 5.41) is 19.3. The maximum absolute atomic E-state index is 9.70. The molecule has 0 radical (unpaired) electrons. The lowest BCUT2D eigenvalue weighted by Gasteiger charge is -2.16. The van der Waals surface area contributed by atoms with Crippen molar-refractivity contribution in [3.8, 4) is 11.5 Å². The molecule has 0 heterocycles. The summed E-state index contributed by atoms with van der Waals surface area (Å²) in [6, 6.07) is 2.49.